The molecule has 0 amide bonds. The summed E-state index contributed by atoms with van der Waals surface area (Å²) in [5.41, 5.74) is 3.22. The summed E-state index contributed by atoms with van der Waals surface area (Å²) in [6.45, 7) is -0.201. The minimum absolute atomic E-state index is 0.0592. The Bertz CT molecular complexity index is 1380. The minimum Gasteiger partial charge on any atom is -0.488 e. The maximum absolute atomic E-state index is 12.4. The molecule has 1 atom stereocenters. The van der Waals surface area contributed by atoms with Crippen LogP contribution in [0.1, 0.15) is 11.1 Å². The van der Waals surface area contributed by atoms with Crippen molar-refractivity contribution >= 4 is 0 Å². The van der Waals surface area contributed by atoms with Crippen molar-refractivity contribution in [1.29, 1.82) is 5.26 Å². The number of rotatable bonds is 8. The Labute approximate surface area is 195 Å². The van der Waals surface area contributed by atoms with Gasteiger partial charge in [-0.1, -0.05) is 30.3 Å². The maximum Gasteiger partial charge on any atom is 0.267 e. The molecule has 34 heavy (non-hydrogen) atoms. The van der Waals surface area contributed by atoms with E-state index in [2.05, 4.69) is 21.1 Å². The Morgan fingerprint density at radius 2 is 1.79 bits per heavy atom. The molecule has 0 radical (unpaired) electrons. The molecule has 2 aromatic carbocycles. The molecule has 0 aliphatic rings. The molecule has 4 rings (SSSR count). The SMILES string of the molecule is N#Cc1cccc(-c2ccc(=O)n(Cc3cccc(-c4ncc(OCC(O)CO)cn4)c3)n2)c1. The topological polar surface area (TPSA) is 134 Å². The van der Waals surface area contributed by atoms with Crippen molar-refractivity contribution in [2.75, 3.05) is 13.2 Å². The molecule has 170 valence electrons. The largest absolute Gasteiger partial charge is 0.488 e. The molecule has 9 nitrogen and oxygen atoms in total. The van der Waals surface area contributed by atoms with Crippen molar-refractivity contribution in [2.24, 2.45) is 0 Å². The third-order valence-electron chi connectivity index (χ3n) is 4.95. The number of nitriles is 1. The predicted octanol–water partition coefficient (Wildman–Crippen LogP) is 2.02. The lowest BCUT2D eigenvalue weighted by Crippen LogP contribution is -2.22. The van der Waals surface area contributed by atoms with Crippen LogP contribution in [0.3, 0.4) is 0 Å². The molecule has 0 saturated carbocycles. The summed E-state index contributed by atoms with van der Waals surface area (Å²) in [5.74, 6) is 0.847. The summed E-state index contributed by atoms with van der Waals surface area (Å²) in [4.78, 5) is 21.0. The fraction of sp³-hybridized carbons (Fsp3) is 0.160. The van der Waals surface area contributed by atoms with Crippen LogP contribution in [-0.4, -0.2) is 49.3 Å². The third kappa shape index (κ3) is 5.50. The minimum atomic E-state index is -0.970. The number of hydrogen-bond donors (Lipinski definition) is 2. The monoisotopic (exact) mass is 455 g/mol. The third-order valence-corrected chi connectivity index (χ3v) is 4.95. The van der Waals surface area contributed by atoms with Crippen LogP contribution in [0, 0.1) is 11.3 Å². The second kappa shape index (κ2) is 10.5. The van der Waals surface area contributed by atoms with Crippen molar-refractivity contribution in [3.63, 3.8) is 0 Å². The number of benzene rings is 2. The van der Waals surface area contributed by atoms with Gasteiger partial charge in [0.15, 0.2) is 11.6 Å². The van der Waals surface area contributed by atoms with Crippen LogP contribution in [0.2, 0.25) is 0 Å². The van der Waals surface area contributed by atoms with Crippen molar-refractivity contribution in [3.05, 3.63) is 94.5 Å². The highest BCUT2D eigenvalue weighted by atomic mass is 16.5. The lowest BCUT2D eigenvalue weighted by Gasteiger charge is -2.10. The molecular formula is C25H21N5O4. The Morgan fingerprint density at radius 1 is 1.03 bits per heavy atom. The molecule has 2 N–H and O–H groups in total. The van der Waals surface area contributed by atoms with E-state index < -0.39 is 12.7 Å². The number of nitrogens with zero attached hydrogens (tertiary/aromatic N) is 5. The lowest BCUT2D eigenvalue weighted by molar-refractivity contribution is 0.0534. The quantitative estimate of drug-likeness (QED) is 0.412. The van der Waals surface area contributed by atoms with Gasteiger partial charge in [0.25, 0.3) is 5.56 Å². The number of hydrogen-bond acceptors (Lipinski definition) is 8. The zero-order valence-electron chi connectivity index (χ0n) is 18.1. The highest BCUT2D eigenvalue weighted by Gasteiger charge is 2.09. The van der Waals surface area contributed by atoms with Crippen LogP contribution in [0.25, 0.3) is 22.6 Å². The molecule has 2 aromatic heterocycles. The van der Waals surface area contributed by atoms with Crippen molar-refractivity contribution in [1.82, 2.24) is 19.7 Å². The first-order valence-electron chi connectivity index (χ1n) is 10.5. The Kier molecular flexibility index (Phi) is 7.03. The Balaban J connectivity index is 1.54. The van der Waals surface area contributed by atoms with Gasteiger partial charge in [0.2, 0.25) is 0 Å². The number of aromatic nitrogens is 4. The van der Waals surface area contributed by atoms with E-state index in [1.165, 1.54) is 23.1 Å². The molecule has 1 unspecified atom stereocenters. The van der Waals surface area contributed by atoms with E-state index in [4.69, 9.17) is 15.1 Å². The molecule has 0 saturated heterocycles. The van der Waals surface area contributed by atoms with Crippen molar-refractivity contribution in [3.8, 4) is 34.5 Å². The van der Waals surface area contributed by atoms with Gasteiger partial charge in [-0.2, -0.15) is 10.4 Å². The van der Waals surface area contributed by atoms with Crippen LogP contribution < -0.4 is 10.3 Å². The second-order valence-electron chi connectivity index (χ2n) is 7.50. The molecular weight excluding hydrogens is 434 g/mol. The average Bonchev–Trinajstić information content (AvgIpc) is 2.89. The standard InChI is InChI=1S/C25H21N5O4/c26-11-17-3-1-5-19(9-17)23-7-8-24(33)30(29-23)14-18-4-2-6-20(10-18)25-27-12-22(13-28-25)34-16-21(32)15-31/h1-10,12-13,21,31-32H,14-16H2. The zero-order chi connectivity index (χ0) is 23.9. The highest BCUT2D eigenvalue weighted by molar-refractivity contribution is 5.60. The van der Waals surface area contributed by atoms with Crippen LogP contribution >= 0.6 is 0 Å². The summed E-state index contributed by atoms with van der Waals surface area (Å²) >= 11 is 0. The summed E-state index contributed by atoms with van der Waals surface area (Å²) in [6.07, 6.45) is 2.01. The van der Waals surface area contributed by atoms with Crippen LogP contribution in [-0.2, 0) is 6.54 Å². The molecule has 0 aliphatic heterocycles. The van der Waals surface area contributed by atoms with Crippen LogP contribution in [0.15, 0.2) is 77.9 Å². The van der Waals surface area contributed by atoms with Gasteiger partial charge < -0.3 is 14.9 Å². The summed E-state index contributed by atoms with van der Waals surface area (Å²) < 4.78 is 6.70. The first kappa shape index (κ1) is 22.8. The van der Waals surface area contributed by atoms with Gasteiger partial charge in [-0.15, -0.1) is 0 Å². The van der Waals surface area contributed by atoms with Gasteiger partial charge in [0.1, 0.15) is 12.7 Å². The molecule has 4 aromatic rings. The maximum atomic E-state index is 12.4. The molecule has 0 bridgehead atoms. The summed E-state index contributed by atoms with van der Waals surface area (Å²) in [7, 11) is 0. The first-order valence-corrected chi connectivity index (χ1v) is 10.5. The van der Waals surface area contributed by atoms with Gasteiger partial charge in [0, 0.05) is 17.2 Å². The molecule has 2 heterocycles. The van der Waals surface area contributed by atoms with E-state index >= 15 is 0 Å². The van der Waals surface area contributed by atoms with E-state index in [1.54, 1.807) is 24.3 Å². The smallest absolute Gasteiger partial charge is 0.267 e. The van der Waals surface area contributed by atoms with Gasteiger partial charge in [-0.25, -0.2) is 14.6 Å². The van der Waals surface area contributed by atoms with Gasteiger partial charge >= 0.3 is 0 Å². The first-order chi connectivity index (χ1) is 16.6. The summed E-state index contributed by atoms with van der Waals surface area (Å²) in [5, 5.41) is 31.8. The Hall–Kier alpha value is -4.39. The fourth-order valence-electron chi connectivity index (χ4n) is 3.23. The molecule has 0 fully saturated rings. The van der Waals surface area contributed by atoms with Gasteiger partial charge in [0.05, 0.1) is 42.9 Å². The average molecular weight is 455 g/mol. The zero-order valence-corrected chi connectivity index (χ0v) is 18.1. The fourth-order valence-corrected chi connectivity index (χ4v) is 3.23. The van der Waals surface area contributed by atoms with Crippen molar-refractivity contribution in [2.45, 2.75) is 12.6 Å². The lowest BCUT2D eigenvalue weighted by atomic mass is 10.1. The molecule has 0 spiro atoms. The number of aliphatic hydroxyl groups is 2. The van der Waals surface area contributed by atoms with Gasteiger partial charge in [-0.3, -0.25) is 4.79 Å². The Morgan fingerprint density at radius 3 is 2.56 bits per heavy atom. The van der Waals surface area contributed by atoms with Crippen molar-refractivity contribution < 1.29 is 14.9 Å². The second-order valence-corrected chi connectivity index (χ2v) is 7.50. The number of ether oxygens (including phenoxy) is 1. The normalized spacial score (nSPS) is 11.6. The summed E-state index contributed by atoms with van der Waals surface area (Å²) in [6, 6.07) is 19.7. The number of aliphatic hydroxyl groups excluding tert-OH is 2. The predicted molar refractivity (Wildman–Crippen MR) is 124 cm³/mol. The van der Waals surface area contributed by atoms with Crippen LogP contribution in [0.5, 0.6) is 5.75 Å². The van der Waals surface area contributed by atoms with Crippen LogP contribution in [0.4, 0.5) is 0 Å². The van der Waals surface area contributed by atoms with E-state index in [0.717, 1.165) is 16.7 Å². The van der Waals surface area contributed by atoms with E-state index in [1.807, 2.05) is 30.3 Å². The highest BCUT2D eigenvalue weighted by Crippen LogP contribution is 2.20. The van der Waals surface area contributed by atoms with E-state index in [9.17, 15) is 9.90 Å². The molecule has 9 heteroatoms. The van der Waals surface area contributed by atoms with E-state index in [0.29, 0.717) is 22.8 Å². The van der Waals surface area contributed by atoms with E-state index in [-0.39, 0.29) is 18.7 Å². The molecule has 0 aliphatic carbocycles. The van der Waals surface area contributed by atoms with Gasteiger partial charge in [-0.05, 0) is 29.8 Å².